The molecule has 0 aromatic carbocycles. The summed E-state index contributed by atoms with van der Waals surface area (Å²) in [5, 5.41) is 10.7. The first-order chi connectivity index (χ1) is 7.16. The molecule has 7 heteroatoms. The second kappa shape index (κ2) is 6.30. The first kappa shape index (κ1) is 12.7. The van der Waals surface area contributed by atoms with Crippen molar-refractivity contribution in [1.82, 2.24) is 4.98 Å². The van der Waals surface area contributed by atoms with E-state index in [0.29, 0.717) is 15.2 Å². The van der Waals surface area contributed by atoms with Gasteiger partial charge in [0.15, 0.2) is 0 Å². The third kappa shape index (κ3) is 3.62. The lowest BCUT2D eigenvalue weighted by Gasteiger charge is -2.03. The zero-order valence-corrected chi connectivity index (χ0v) is 10.8. The molecular formula is C8H8BrClN2O2S. The number of nitrogens with zero attached hydrogens (tertiary/aromatic N) is 2. The van der Waals surface area contributed by atoms with E-state index < -0.39 is 4.92 Å². The van der Waals surface area contributed by atoms with Crippen LogP contribution in [0.4, 0.5) is 5.69 Å². The minimum atomic E-state index is -0.430. The topological polar surface area (TPSA) is 56.0 Å². The van der Waals surface area contributed by atoms with Gasteiger partial charge in [-0.25, -0.2) is 0 Å². The minimum Gasteiger partial charge on any atom is -0.258 e. The second-order valence-corrected chi connectivity index (χ2v) is 4.96. The number of rotatable bonds is 5. The van der Waals surface area contributed by atoms with E-state index in [4.69, 9.17) is 11.6 Å². The lowest BCUT2D eigenvalue weighted by atomic mass is 10.4. The first-order valence-corrected chi connectivity index (χ1v) is 6.44. The quantitative estimate of drug-likeness (QED) is 0.275. The van der Waals surface area contributed by atoms with Crippen LogP contribution in [0.5, 0.6) is 0 Å². The Morgan fingerprint density at radius 1 is 1.60 bits per heavy atom. The summed E-state index contributed by atoms with van der Waals surface area (Å²) in [4.78, 5) is 14.7. The van der Waals surface area contributed by atoms with E-state index in [1.165, 1.54) is 18.0 Å². The van der Waals surface area contributed by atoms with Crippen LogP contribution in [-0.2, 0) is 0 Å². The fourth-order valence-electron chi connectivity index (χ4n) is 0.915. The van der Waals surface area contributed by atoms with Gasteiger partial charge in [0.2, 0.25) is 0 Å². The van der Waals surface area contributed by atoms with E-state index in [1.54, 1.807) is 6.20 Å². The Morgan fingerprint density at radius 3 is 2.93 bits per heavy atom. The highest BCUT2D eigenvalue weighted by Crippen LogP contribution is 2.35. The van der Waals surface area contributed by atoms with Crippen LogP contribution in [-0.4, -0.2) is 21.5 Å². The number of hydrogen-bond donors (Lipinski definition) is 0. The van der Waals surface area contributed by atoms with Crippen LogP contribution in [0.2, 0.25) is 0 Å². The van der Waals surface area contributed by atoms with Gasteiger partial charge in [0, 0.05) is 12.1 Å². The zero-order chi connectivity index (χ0) is 11.3. The second-order valence-electron chi connectivity index (χ2n) is 2.62. The molecule has 0 bridgehead atoms. The van der Waals surface area contributed by atoms with Gasteiger partial charge in [0.25, 0.3) is 0 Å². The summed E-state index contributed by atoms with van der Waals surface area (Å²) in [6.45, 7) is 0. The van der Waals surface area contributed by atoms with Crippen molar-refractivity contribution >= 4 is 45.0 Å². The number of thioether (sulfide) groups is 1. The molecule has 82 valence electrons. The molecule has 0 spiro atoms. The molecule has 0 aliphatic carbocycles. The third-order valence-corrected chi connectivity index (χ3v) is 3.90. The molecule has 0 aliphatic heterocycles. The fraction of sp³-hybridized carbons (Fsp3) is 0.375. The normalized spacial score (nSPS) is 10.3. The highest BCUT2D eigenvalue weighted by molar-refractivity contribution is 9.10. The Hall–Kier alpha value is -0.330. The van der Waals surface area contributed by atoms with Gasteiger partial charge in [0.05, 0.1) is 9.40 Å². The zero-order valence-electron chi connectivity index (χ0n) is 7.65. The maximum Gasteiger partial charge on any atom is 0.302 e. The summed E-state index contributed by atoms with van der Waals surface area (Å²) < 4.78 is 0.649. The summed E-state index contributed by atoms with van der Waals surface area (Å²) >= 11 is 10.2. The van der Waals surface area contributed by atoms with Crippen molar-refractivity contribution in [3.8, 4) is 0 Å². The Kier molecular flexibility index (Phi) is 5.35. The maximum absolute atomic E-state index is 10.7. The molecule has 1 rings (SSSR count). The molecule has 4 nitrogen and oxygen atoms in total. The molecule has 1 aromatic heterocycles. The SMILES string of the molecule is O=[N+]([O-])c1cncc(Br)c1SCCCCl. The summed E-state index contributed by atoms with van der Waals surface area (Å²) in [6.07, 6.45) is 3.63. The first-order valence-electron chi connectivity index (χ1n) is 4.13. The van der Waals surface area contributed by atoms with E-state index in [1.807, 2.05) is 0 Å². The average Bonchev–Trinajstić information content (AvgIpc) is 2.20. The van der Waals surface area contributed by atoms with E-state index >= 15 is 0 Å². The van der Waals surface area contributed by atoms with Gasteiger partial charge >= 0.3 is 5.69 Å². The third-order valence-electron chi connectivity index (χ3n) is 1.56. The highest BCUT2D eigenvalue weighted by Gasteiger charge is 2.17. The number of hydrogen-bond acceptors (Lipinski definition) is 4. The Bertz CT molecular complexity index is 364. The van der Waals surface area contributed by atoms with Crippen molar-refractivity contribution in [2.45, 2.75) is 11.3 Å². The molecule has 0 fully saturated rings. The van der Waals surface area contributed by atoms with Crippen molar-refractivity contribution in [2.75, 3.05) is 11.6 Å². The van der Waals surface area contributed by atoms with E-state index in [2.05, 4.69) is 20.9 Å². The van der Waals surface area contributed by atoms with Gasteiger partial charge < -0.3 is 0 Å². The number of nitro groups is 1. The Morgan fingerprint density at radius 2 is 2.33 bits per heavy atom. The van der Waals surface area contributed by atoms with Crippen LogP contribution in [0.15, 0.2) is 21.8 Å². The monoisotopic (exact) mass is 310 g/mol. The van der Waals surface area contributed by atoms with E-state index in [0.717, 1.165) is 12.2 Å². The van der Waals surface area contributed by atoms with Crippen molar-refractivity contribution in [3.05, 3.63) is 27.0 Å². The molecule has 0 saturated carbocycles. The minimum absolute atomic E-state index is 0.0314. The number of pyridine rings is 1. The summed E-state index contributed by atoms with van der Waals surface area (Å²) in [5.74, 6) is 1.32. The van der Waals surface area contributed by atoms with Crippen molar-refractivity contribution in [1.29, 1.82) is 0 Å². The van der Waals surface area contributed by atoms with Crippen LogP contribution in [0.3, 0.4) is 0 Å². The number of alkyl halides is 1. The Labute approximate surface area is 105 Å². The molecule has 0 saturated heterocycles. The molecule has 0 amide bonds. The van der Waals surface area contributed by atoms with Crippen LogP contribution in [0.1, 0.15) is 6.42 Å². The standard InChI is InChI=1S/C8H8BrClN2O2S/c9-6-4-11-5-7(12(13)14)8(6)15-3-1-2-10/h4-5H,1-3H2. The lowest BCUT2D eigenvalue weighted by molar-refractivity contribution is -0.388. The molecular weight excluding hydrogens is 304 g/mol. The smallest absolute Gasteiger partial charge is 0.258 e. The largest absolute Gasteiger partial charge is 0.302 e. The van der Waals surface area contributed by atoms with Gasteiger partial charge in [-0.2, -0.15) is 0 Å². The van der Waals surface area contributed by atoms with Crippen LogP contribution in [0, 0.1) is 10.1 Å². The fourth-order valence-corrected chi connectivity index (χ4v) is 2.83. The molecule has 0 N–H and O–H groups in total. The predicted octanol–water partition coefficient (Wildman–Crippen LogP) is 3.47. The lowest BCUT2D eigenvalue weighted by Crippen LogP contribution is -1.94. The van der Waals surface area contributed by atoms with Crippen molar-refractivity contribution < 1.29 is 4.92 Å². The Balaban J connectivity index is 2.87. The van der Waals surface area contributed by atoms with Crippen LogP contribution in [0.25, 0.3) is 0 Å². The summed E-state index contributed by atoms with van der Waals surface area (Å²) in [7, 11) is 0. The van der Waals surface area contributed by atoms with Gasteiger partial charge in [0.1, 0.15) is 11.1 Å². The van der Waals surface area contributed by atoms with E-state index in [-0.39, 0.29) is 5.69 Å². The van der Waals surface area contributed by atoms with Crippen LogP contribution >= 0.6 is 39.3 Å². The average molecular weight is 312 g/mol. The predicted molar refractivity (Wildman–Crippen MR) is 64.7 cm³/mol. The molecule has 0 unspecified atom stereocenters. The molecule has 1 aromatic rings. The summed E-state index contributed by atoms with van der Waals surface area (Å²) in [6, 6.07) is 0. The molecule has 0 aliphatic rings. The molecule has 0 atom stereocenters. The summed E-state index contributed by atoms with van der Waals surface area (Å²) in [5.41, 5.74) is 0.0314. The van der Waals surface area contributed by atoms with Gasteiger partial charge in [-0.05, 0) is 28.1 Å². The molecule has 1 heterocycles. The number of aromatic nitrogens is 1. The van der Waals surface area contributed by atoms with E-state index in [9.17, 15) is 10.1 Å². The van der Waals surface area contributed by atoms with Crippen molar-refractivity contribution in [2.24, 2.45) is 0 Å². The van der Waals surface area contributed by atoms with Crippen molar-refractivity contribution in [3.63, 3.8) is 0 Å². The number of halogens is 2. The molecule has 0 radical (unpaired) electrons. The maximum atomic E-state index is 10.7. The molecule has 15 heavy (non-hydrogen) atoms. The van der Waals surface area contributed by atoms with Gasteiger partial charge in [-0.3, -0.25) is 15.1 Å². The van der Waals surface area contributed by atoms with Gasteiger partial charge in [-0.15, -0.1) is 23.4 Å². The highest BCUT2D eigenvalue weighted by atomic mass is 79.9. The van der Waals surface area contributed by atoms with Crippen LogP contribution < -0.4 is 0 Å². The van der Waals surface area contributed by atoms with Gasteiger partial charge in [-0.1, -0.05) is 0 Å².